The molecule has 148 valence electrons. The van der Waals surface area contributed by atoms with Crippen molar-refractivity contribution in [2.75, 3.05) is 5.75 Å². The summed E-state index contributed by atoms with van der Waals surface area (Å²) in [5.74, 6) is 0.616. The molecular weight excluding hydrogens is 384 g/mol. The smallest absolute Gasteiger partial charge is 0.277 e. The van der Waals surface area contributed by atoms with Crippen molar-refractivity contribution >= 4 is 28.6 Å². The molecule has 4 aromatic rings. The number of hydrogen-bond donors (Lipinski definition) is 2. The van der Waals surface area contributed by atoms with Gasteiger partial charge in [-0.2, -0.15) is 0 Å². The fraction of sp³-hybridized carbons (Fsp3) is 0.227. The van der Waals surface area contributed by atoms with E-state index in [-0.39, 0.29) is 17.7 Å². The summed E-state index contributed by atoms with van der Waals surface area (Å²) in [6.07, 6.45) is 3.74. The number of carbonyl (C=O) groups is 1. The van der Waals surface area contributed by atoms with Gasteiger partial charge < -0.3 is 14.7 Å². The second-order valence-electron chi connectivity index (χ2n) is 6.73. The summed E-state index contributed by atoms with van der Waals surface area (Å²) in [6.45, 7) is 2.11. The van der Waals surface area contributed by atoms with Gasteiger partial charge in [0.1, 0.15) is 0 Å². The molecule has 0 aliphatic carbocycles. The lowest BCUT2D eigenvalue weighted by atomic mass is 10.0. The number of carbonyl (C=O) groups excluding carboxylic acids is 1. The van der Waals surface area contributed by atoms with E-state index in [0.29, 0.717) is 11.1 Å². The molecule has 7 heteroatoms. The van der Waals surface area contributed by atoms with Gasteiger partial charge in [0.25, 0.3) is 11.1 Å². The van der Waals surface area contributed by atoms with Gasteiger partial charge in [0.2, 0.25) is 5.91 Å². The van der Waals surface area contributed by atoms with Crippen molar-refractivity contribution in [3.63, 3.8) is 0 Å². The van der Waals surface area contributed by atoms with Crippen molar-refractivity contribution < 1.29 is 9.21 Å². The van der Waals surface area contributed by atoms with Gasteiger partial charge in [0.05, 0.1) is 17.4 Å². The first-order valence-corrected chi connectivity index (χ1v) is 10.6. The monoisotopic (exact) mass is 406 g/mol. The van der Waals surface area contributed by atoms with E-state index >= 15 is 0 Å². The maximum absolute atomic E-state index is 12.5. The molecule has 0 aliphatic rings. The predicted molar refractivity (Wildman–Crippen MR) is 115 cm³/mol. The van der Waals surface area contributed by atoms with Crippen LogP contribution in [0.4, 0.5) is 0 Å². The lowest BCUT2D eigenvalue weighted by molar-refractivity contribution is -0.119. The molecule has 2 N–H and O–H groups in total. The molecule has 0 unspecified atom stereocenters. The number of rotatable bonds is 8. The lowest BCUT2D eigenvalue weighted by Crippen LogP contribution is -2.29. The van der Waals surface area contributed by atoms with Gasteiger partial charge in [-0.1, -0.05) is 73.6 Å². The van der Waals surface area contributed by atoms with E-state index in [1.165, 1.54) is 11.8 Å². The van der Waals surface area contributed by atoms with Gasteiger partial charge in [-0.05, 0) is 18.1 Å². The standard InChI is InChI=1S/C22H22N4O2S/c1-2-8-18(15-9-4-3-5-10-15)24-20(27)14-29-22-26-25-21(28-22)17-13-23-19-12-7-6-11-16(17)19/h3-7,9-13,18,23H,2,8,14H2,1H3,(H,24,27)/t18-/m0/s1. The number of para-hydroxylation sites is 1. The van der Waals surface area contributed by atoms with Crippen molar-refractivity contribution in [3.8, 4) is 11.5 Å². The average Bonchev–Trinajstić information content (AvgIpc) is 3.39. The molecule has 0 bridgehead atoms. The van der Waals surface area contributed by atoms with Crippen molar-refractivity contribution in [3.05, 3.63) is 66.4 Å². The first-order chi connectivity index (χ1) is 14.2. The molecule has 1 amide bonds. The number of thioether (sulfide) groups is 1. The number of aromatic nitrogens is 3. The summed E-state index contributed by atoms with van der Waals surface area (Å²) in [7, 11) is 0. The summed E-state index contributed by atoms with van der Waals surface area (Å²) in [6, 6.07) is 18.0. The average molecular weight is 407 g/mol. The number of H-pyrrole nitrogens is 1. The molecule has 0 aliphatic heterocycles. The third-order valence-electron chi connectivity index (χ3n) is 4.67. The van der Waals surface area contributed by atoms with Crippen molar-refractivity contribution in [2.45, 2.75) is 31.0 Å². The van der Waals surface area contributed by atoms with Gasteiger partial charge in [-0.25, -0.2) is 0 Å². The zero-order valence-corrected chi connectivity index (χ0v) is 16.9. The van der Waals surface area contributed by atoms with E-state index in [4.69, 9.17) is 4.42 Å². The molecule has 2 aromatic carbocycles. The van der Waals surface area contributed by atoms with Crippen LogP contribution in [-0.4, -0.2) is 26.8 Å². The Kier molecular flexibility index (Phi) is 5.95. The minimum Gasteiger partial charge on any atom is -0.411 e. The van der Waals surface area contributed by atoms with Crippen molar-refractivity contribution in [2.24, 2.45) is 0 Å². The second kappa shape index (κ2) is 8.96. The van der Waals surface area contributed by atoms with Crippen LogP contribution in [0.15, 0.2) is 70.4 Å². The molecule has 0 saturated heterocycles. The van der Waals surface area contributed by atoms with Crippen molar-refractivity contribution in [1.29, 1.82) is 0 Å². The van der Waals surface area contributed by atoms with E-state index < -0.39 is 0 Å². The Bertz CT molecular complexity index is 1090. The van der Waals surface area contributed by atoms with Gasteiger partial charge in [0.15, 0.2) is 0 Å². The highest BCUT2D eigenvalue weighted by molar-refractivity contribution is 7.99. The van der Waals surface area contributed by atoms with Crippen LogP contribution in [0.3, 0.4) is 0 Å². The molecule has 4 rings (SSSR count). The normalized spacial score (nSPS) is 12.2. The predicted octanol–water partition coefficient (Wildman–Crippen LogP) is 4.97. The molecule has 2 heterocycles. The third-order valence-corrected chi connectivity index (χ3v) is 5.49. The molecule has 0 radical (unpaired) electrons. The van der Waals surface area contributed by atoms with Crippen LogP contribution in [0.5, 0.6) is 0 Å². The molecule has 29 heavy (non-hydrogen) atoms. The Labute approximate surface area is 173 Å². The zero-order chi connectivity index (χ0) is 20.1. The van der Waals surface area contributed by atoms with Crippen molar-refractivity contribution in [1.82, 2.24) is 20.5 Å². The highest BCUT2D eigenvalue weighted by Crippen LogP contribution is 2.29. The van der Waals surface area contributed by atoms with Gasteiger partial charge in [-0.3, -0.25) is 4.79 Å². The molecule has 6 nitrogen and oxygen atoms in total. The van der Waals surface area contributed by atoms with Gasteiger partial charge in [0, 0.05) is 17.1 Å². The number of amides is 1. The number of nitrogens with one attached hydrogen (secondary N) is 2. The molecule has 0 fully saturated rings. The first-order valence-electron chi connectivity index (χ1n) is 9.61. The molecule has 0 spiro atoms. The lowest BCUT2D eigenvalue weighted by Gasteiger charge is -2.18. The zero-order valence-electron chi connectivity index (χ0n) is 16.1. The van der Waals surface area contributed by atoms with E-state index in [9.17, 15) is 4.79 Å². The Morgan fingerprint density at radius 1 is 1.14 bits per heavy atom. The highest BCUT2D eigenvalue weighted by atomic mass is 32.2. The summed E-state index contributed by atoms with van der Waals surface area (Å²) in [5, 5.41) is 12.7. The Balaban J connectivity index is 1.38. The number of nitrogens with zero attached hydrogens (tertiary/aromatic N) is 2. The van der Waals surface area contributed by atoms with Crippen LogP contribution in [0.1, 0.15) is 31.4 Å². The summed E-state index contributed by atoms with van der Waals surface area (Å²) in [4.78, 5) is 15.7. The maximum Gasteiger partial charge on any atom is 0.277 e. The quantitative estimate of drug-likeness (QED) is 0.404. The summed E-state index contributed by atoms with van der Waals surface area (Å²) >= 11 is 1.24. The third kappa shape index (κ3) is 4.51. The summed E-state index contributed by atoms with van der Waals surface area (Å²) in [5.41, 5.74) is 2.99. The fourth-order valence-corrected chi connectivity index (χ4v) is 3.86. The molecular formula is C22H22N4O2S. The highest BCUT2D eigenvalue weighted by Gasteiger charge is 2.17. The van der Waals surface area contributed by atoms with Crippen LogP contribution in [0.2, 0.25) is 0 Å². The number of hydrogen-bond acceptors (Lipinski definition) is 5. The van der Waals surface area contributed by atoms with Crippen LogP contribution >= 0.6 is 11.8 Å². The number of benzene rings is 2. The number of fused-ring (bicyclic) bond motifs is 1. The summed E-state index contributed by atoms with van der Waals surface area (Å²) < 4.78 is 5.76. The molecule has 0 saturated carbocycles. The van der Waals surface area contributed by atoms with E-state index in [1.54, 1.807) is 0 Å². The SMILES string of the molecule is CCC[C@H](NC(=O)CSc1nnc(-c2c[nH]c3ccccc23)o1)c1ccccc1. The van der Waals surface area contributed by atoms with E-state index in [0.717, 1.165) is 34.9 Å². The Morgan fingerprint density at radius 2 is 1.93 bits per heavy atom. The van der Waals surface area contributed by atoms with Crippen LogP contribution in [0.25, 0.3) is 22.4 Å². The van der Waals surface area contributed by atoms with Crippen LogP contribution < -0.4 is 5.32 Å². The molecule has 1 atom stereocenters. The minimum atomic E-state index is -0.0517. The topological polar surface area (TPSA) is 83.8 Å². The molecule has 2 aromatic heterocycles. The van der Waals surface area contributed by atoms with Gasteiger partial charge >= 0.3 is 0 Å². The first kappa shape index (κ1) is 19.3. The fourth-order valence-electron chi connectivity index (χ4n) is 3.28. The largest absolute Gasteiger partial charge is 0.411 e. The van der Waals surface area contributed by atoms with Crippen LogP contribution in [-0.2, 0) is 4.79 Å². The van der Waals surface area contributed by atoms with Crippen LogP contribution in [0, 0.1) is 0 Å². The second-order valence-corrected chi connectivity index (χ2v) is 7.66. The van der Waals surface area contributed by atoms with E-state index in [2.05, 4.69) is 27.4 Å². The maximum atomic E-state index is 12.5. The van der Waals surface area contributed by atoms with E-state index in [1.807, 2.05) is 60.8 Å². The Morgan fingerprint density at radius 3 is 2.76 bits per heavy atom. The minimum absolute atomic E-state index is 0.0127. The number of aromatic amines is 1. The van der Waals surface area contributed by atoms with Gasteiger partial charge in [-0.15, -0.1) is 10.2 Å². The Hall–Kier alpha value is -3.06.